The van der Waals surface area contributed by atoms with E-state index in [9.17, 15) is 4.79 Å². The molecule has 0 bridgehead atoms. The van der Waals surface area contributed by atoms with Gasteiger partial charge < -0.3 is 19.1 Å². The Morgan fingerprint density at radius 3 is 2.07 bits per heavy atom. The van der Waals surface area contributed by atoms with Gasteiger partial charge in [0.2, 0.25) is 0 Å². The average Bonchev–Trinajstić information content (AvgIpc) is 2.74. The van der Waals surface area contributed by atoms with Gasteiger partial charge in [0.15, 0.2) is 0 Å². The predicted octanol–water partition coefficient (Wildman–Crippen LogP) is 3.19. The van der Waals surface area contributed by atoms with Gasteiger partial charge in [0.1, 0.15) is 23.9 Å². The minimum absolute atomic E-state index is 0.0519. The van der Waals surface area contributed by atoms with E-state index in [0.717, 1.165) is 19.6 Å². The first-order valence-electron chi connectivity index (χ1n) is 9.22. The molecule has 0 spiro atoms. The fourth-order valence-corrected chi connectivity index (χ4v) is 3.23. The number of piperazine rings is 1. The highest BCUT2D eigenvalue weighted by Gasteiger charge is 2.22. The van der Waals surface area contributed by atoms with Crippen LogP contribution in [0, 0.1) is 0 Å². The number of rotatable bonds is 7. The second-order valence-corrected chi connectivity index (χ2v) is 6.97. The summed E-state index contributed by atoms with van der Waals surface area (Å²) >= 11 is 5.89. The van der Waals surface area contributed by atoms with Gasteiger partial charge in [0.05, 0.1) is 14.2 Å². The number of hydrogen-bond donors (Lipinski definition) is 0. The van der Waals surface area contributed by atoms with Crippen LogP contribution in [0.1, 0.15) is 10.4 Å². The first-order chi connectivity index (χ1) is 13.6. The van der Waals surface area contributed by atoms with Crippen molar-refractivity contribution in [2.45, 2.75) is 0 Å². The molecule has 1 aliphatic heterocycles. The molecule has 1 fully saturated rings. The molecule has 150 valence electrons. The first kappa shape index (κ1) is 20.3. The molecule has 0 radical (unpaired) electrons. The number of methoxy groups -OCH3 is 2. The lowest BCUT2D eigenvalue weighted by atomic mass is 10.2. The lowest BCUT2D eigenvalue weighted by Gasteiger charge is -2.34. The zero-order valence-corrected chi connectivity index (χ0v) is 16.9. The van der Waals surface area contributed by atoms with Crippen LogP contribution in [0.25, 0.3) is 0 Å². The third kappa shape index (κ3) is 5.30. The number of nitrogens with zero attached hydrogens (tertiary/aromatic N) is 2. The van der Waals surface area contributed by atoms with Crippen molar-refractivity contribution in [1.82, 2.24) is 9.80 Å². The molecule has 0 aromatic heterocycles. The quantitative estimate of drug-likeness (QED) is 0.709. The number of carbonyl (C=O) groups is 1. The first-order valence-corrected chi connectivity index (χ1v) is 9.60. The highest BCUT2D eigenvalue weighted by molar-refractivity contribution is 6.30. The molecule has 0 saturated carbocycles. The van der Waals surface area contributed by atoms with Crippen molar-refractivity contribution in [3.63, 3.8) is 0 Å². The third-order valence-corrected chi connectivity index (χ3v) is 5.00. The van der Waals surface area contributed by atoms with Gasteiger partial charge in [-0.3, -0.25) is 9.69 Å². The number of amides is 1. The molecule has 2 aromatic carbocycles. The summed E-state index contributed by atoms with van der Waals surface area (Å²) < 4.78 is 16.4. The van der Waals surface area contributed by atoms with E-state index < -0.39 is 0 Å². The van der Waals surface area contributed by atoms with Crippen LogP contribution in [0.3, 0.4) is 0 Å². The Labute approximate surface area is 170 Å². The molecule has 3 rings (SSSR count). The summed E-state index contributed by atoms with van der Waals surface area (Å²) in [7, 11) is 3.23. The third-order valence-electron chi connectivity index (χ3n) is 4.75. The Balaban J connectivity index is 1.45. The summed E-state index contributed by atoms with van der Waals surface area (Å²) in [6.07, 6.45) is 0. The Kier molecular flexibility index (Phi) is 7.01. The average molecular weight is 405 g/mol. The maximum atomic E-state index is 12.6. The second kappa shape index (κ2) is 9.66. The maximum Gasteiger partial charge on any atom is 0.253 e. The lowest BCUT2D eigenvalue weighted by Crippen LogP contribution is -2.49. The summed E-state index contributed by atoms with van der Waals surface area (Å²) in [5.74, 6) is 2.16. The van der Waals surface area contributed by atoms with Crippen molar-refractivity contribution in [2.75, 3.05) is 53.6 Å². The number of ether oxygens (including phenoxy) is 3. The van der Waals surface area contributed by atoms with E-state index in [1.807, 2.05) is 23.1 Å². The maximum absolute atomic E-state index is 12.6. The molecular formula is C21H25ClN2O4. The molecule has 1 aliphatic rings. The zero-order chi connectivity index (χ0) is 19.9. The van der Waals surface area contributed by atoms with Crippen molar-refractivity contribution in [3.8, 4) is 17.2 Å². The highest BCUT2D eigenvalue weighted by Crippen LogP contribution is 2.27. The van der Waals surface area contributed by atoms with Crippen LogP contribution in [0.15, 0.2) is 42.5 Å². The van der Waals surface area contributed by atoms with Crippen molar-refractivity contribution in [3.05, 3.63) is 53.1 Å². The molecule has 0 aliphatic carbocycles. The van der Waals surface area contributed by atoms with E-state index in [4.69, 9.17) is 25.8 Å². The normalized spacial score (nSPS) is 14.6. The van der Waals surface area contributed by atoms with Gasteiger partial charge in [-0.2, -0.15) is 0 Å². The molecule has 0 atom stereocenters. The molecule has 6 nitrogen and oxygen atoms in total. The van der Waals surface area contributed by atoms with Gasteiger partial charge in [-0.1, -0.05) is 11.6 Å². The molecular weight excluding hydrogens is 380 g/mol. The molecule has 1 amide bonds. The van der Waals surface area contributed by atoms with Crippen LogP contribution in [0.2, 0.25) is 5.02 Å². The van der Waals surface area contributed by atoms with Crippen molar-refractivity contribution >= 4 is 17.5 Å². The number of carbonyl (C=O) groups excluding carboxylic acids is 1. The standard InChI is InChI=1S/C21H25ClN2O4/c1-26-18-13-19(27-2)15-20(14-18)28-12-11-23-7-9-24(10-8-23)21(25)16-3-5-17(22)6-4-16/h3-6,13-15H,7-12H2,1-2H3. The number of halogens is 1. The van der Waals surface area contributed by atoms with E-state index in [-0.39, 0.29) is 5.91 Å². The smallest absolute Gasteiger partial charge is 0.253 e. The Morgan fingerprint density at radius 1 is 0.929 bits per heavy atom. The SMILES string of the molecule is COc1cc(OC)cc(OCCN2CCN(C(=O)c3ccc(Cl)cc3)CC2)c1. The van der Waals surface area contributed by atoms with Crippen LogP contribution in [0.5, 0.6) is 17.2 Å². The van der Waals surface area contributed by atoms with Crippen molar-refractivity contribution in [2.24, 2.45) is 0 Å². The fourth-order valence-electron chi connectivity index (χ4n) is 3.11. The zero-order valence-electron chi connectivity index (χ0n) is 16.2. The molecule has 1 heterocycles. The lowest BCUT2D eigenvalue weighted by molar-refractivity contribution is 0.0620. The number of hydrogen-bond acceptors (Lipinski definition) is 5. The highest BCUT2D eigenvalue weighted by atomic mass is 35.5. The predicted molar refractivity (Wildman–Crippen MR) is 109 cm³/mol. The van der Waals surface area contributed by atoms with Crippen LogP contribution in [0.4, 0.5) is 0 Å². The molecule has 28 heavy (non-hydrogen) atoms. The van der Waals surface area contributed by atoms with E-state index >= 15 is 0 Å². The molecule has 0 unspecified atom stereocenters. The Bertz CT molecular complexity index is 767. The number of benzene rings is 2. The van der Waals surface area contributed by atoms with Crippen LogP contribution in [-0.2, 0) is 0 Å². The molecule has 2 aromatic rings. The van der Waals surface area contributed by atoms with Crippen LogP contribution in [-0.4, -0.2) is 69.3 Å². The van der Waals surface area contributed by atoms with E-state index in [1.165, 1.54) is 0 Å². The molecule has 0 N–H and O–H groups in total. The van der Waals surface area contributed by atoms with Crippen LogP contribution >= 0.6 is 11.6 Å². The fraction of sp³-hybridized carbons (Fsp3) is 0.381. The molecule has 7 heteroatoms. The monoisotopic (exact) mass is 404 g/mol. The molecule has 1 saturated heterocycles. The minimum Gasteiger partial charge on any atom is -0.496 e. The van der Waals surface area contributed by atoms with E-state index in [2.05, 4.69) is 4.90 Å². The summed E-state index contributed by atoms with van der Waals surface area (Å²) in [5, 5.41) is 0.634. The van der Waals surface area contributed by atoms with Gasteiger partial charge in [-0.15, -0.1) is 0 Å². The Hall–Kier alpha value is -2.44. The van der Waals surface area contributed by atoms with Gasteiger partial charge in [-0.25, -0.2) is 0 Å². The summed E-state index contributed by atoms with van der Waals surface area (Å²) in [5.41, 5.74) is 0.674. The largest absolute Gasteiger partial charge is 0.496 e. The van der Waals surface area contributed by atoms with Crippen molar-refractivity contribution in [1.29, 1.82) is 0 Å². The summed E-state index contributed by atoms with van der Waals surface area (Å²) in [4.78, 5) is 16.7. The topological polar surface area (TPSA) is 51.2 Å². The van der Waals surface area contributed by atoms with E-state index in [0.29, 0.717) is 47.5 Å². The van der Waals surface area contributed by atoms with E-state index in [1.54, 1.807) is 38.5 Å². The van der Waals surface area contributed by atoms with Gasteiger partial charge in [-0.05, 0) is 24.3 Å². The van der Waals surface area contributed by atoms with Crippen LogP contribution < -0.4 is 14.2 Å². The Morgan fingerprint density at radius 2 is 1.50 bits per heavy atom. The minimum atomic E-state index is 0.0519. The summed E-state index contributed by atoms with van der Waals surface area (Å²) in [6, 6.07) is 12.5. The van der Waals surface area contributed by atoms with Gasteiger partial charge >= 0.3 is 0 Å². The van der Waals surface area contributed by atoms with Gasteiger partial charge in [0, 0.05) is 61.5 Å². The summed E-state index contributed by atoms with van der Waals surface area (Å²) in [6.45, 7) is 4.40. The van der Waals surface area contributed by atoms with Gasteiger partial charge in [0.25, 0.3) is 5.91 Å². The van der Waals surface area contributed by atoms with Crippen molar-refractivity contribution < 1.29 is 19.0 Å². The second-order valence-electron chi connectivity index (χ2n) is 6.54.